The average Bonchev–Trinajstić information content (AvgIpc) is 1.93. The lowest BCUT2D eigenvalue weighted by Crippen LogP contribution is -2.20. The van der Waals surface area contributed by atoms with Crippen LogP contribution >= 0.6 is 15.9 Å². The Bertz CT molecular complexity index is 244. The zero-order valence-corrected chi connectivity index (χ0v) is 7.67. The maximum absolute atomic E-state index is 8.96. The maximum atomic E-state index is 8.96. The number of hydrogen-bond acceptors (Lipinski definition) is 3. The van der Waals surface area contributed by atoms with Gasteiger partial charge in [-0.1, -0.05) is 0 Å². The highest BCUT2D eigenvalue weighted by Crippen LogP contribution is 2.17. The molecular formula is C6H8BBrN2O. The van der Waals surface area contributed by atoms with Gasteiger partial charge in [0, 0.05) is 6.20 Å². The predicted molar refractivity (Wildman–Crippen MR) is 49.4 cm³/mol. The standard InChI is InChI=1S/C6H8BBrN2O/c1-7(11)10-6-5(8)3-2-4-9-6/h2-4,11H,1H3,(H,9,10). The van der Waals surface area contributed by atoms with E-state index in [1.54, 1.807) is 13.0 Å². The maximum Gasteiger partial charge on any atom is 0.408 e. The van der Waals surface area contributed by atoms with Crippen LogP contribution in [0.1, 0.15) is 0 Å². The molecule has 1 rings (SSSR count). The second-order valence-electron chi connectivity index (χ2n) is 2.15. The van der Waals surface area contributed by atoms with Crippen molar-refractivity contribution in [1.29, 1.82) is 0 Å². The molecule has 0 saturated heterocycles. The van der Waals surface area contributed by atoms with E-state index in [2.05, 4.69) is 26.1 Å². The van der Waals surface area contributed by atoms with E-state index in [1.165, 1.54) is 0 Å². The molecule has 0 amide bonds. The van der Waals surface area contributed by atoms with E-state index in [1.807, 2.05) is 12.1 Å². The molecule has 58 valence electrons. The summed E-state index contributed by atoms with van der Waals surface area (Å²) in [7, 11) is -0.582. The normalized spacial score (nSPS) is 9.36. The van der Waals surface area contributed by atoms with Gasteiger partial charge in [0.1, 0.15) is 5.82 Å². The summed E-state index contributed by atoms with van der Waals surface area (Å²) in [5.41, 5.74) is 0. The molecule has 11 heavy (non-hydrogen) atoms. The summed E-state index contributed by atoms with van der Waals surface area (Å²) in [5, 5.41) is 11.7. The number of anilines is 1. The minimum atomic E-state index is -0.582. The fourth-order valence-corrected chi connectivity index (χ4v) is 1.06. The Morgan fingerprint density at radius 1 is 1.73 bits per heavy atom. The van der Waals surface area contributed by atoms with Gasteiger partial charge in [-0.3, -0.25) is 0 Å². The molecule has 5 heteroatoms. The lowest BCUT2D eigenvalue weighted by molar-refractivity contribution is 0.586. The minimum absolute atomic E-state index is 0.582. The topological polar surface area (TPSA) is 45.1 Å². The van der Waals surface area contributed by atoms with Gasteiger partial charge in [-0.25, -0.2) is 4.98 Å². The molecule has 1 heterocycles. The predicted octanol–water partition coefficient (Wildman–Crippen LogP) is 1.37. The van der Waals surface area contributed by atoms with E-state index in [0.717, 1.165) is 4.47 Å². The van der Waals surface area contributed by atoms with E-state index >= 15 is 0 Å². The van der Waals surface area contributed by atoms with Gasteiger partial charge < -0.3 is 10.3 Å². The van der Waals surface area contributed by atoms with Gasteiger partial charge in [0.05, 0.1) is 4.47 Å². The lowest BCUT2D eigenvalue weighted by Gasteiger charge is -2.05. The van der Waals surface area contributed by atoms with E-state index in [0.29, 0.717) is 5.82 Å². The van der Waals surface area contributed by atoms with Crippen molar-refractivity contribution in [3.8, 4) is 0 Å². The van der Waals surface area contributed by atoms with E-state index < -0.39 is 7.05 Å². The number of rotatable bonds is 2. The Labute approximate surface area is 74.1 Å². The monoisotopic (exact) mass is 214 g/mol. The van der Waals surface area contributed by atoms with E-state index in [-0.39, 0.29) is 0 Å². The third-order valence-corrected chi connectivity index (χ3v) is 1.74. The first-order chi connectivity index (χ1) is 5.20. The third-order valence-electron chi connectivity index (χ3n) is 1.10. The fraction of sp³-hybridized carbons (Fsp3) is 0.167. The fourth-order valence-electron chi connectivity index (χ4n) is 0.690. The van der Waals surface area contributed by atoms with Crippen LogP contribution in [-0.2, 0) is 0 Å². The molecule has 0 saturated carbocycles. The van der Waals surface area contributed by atoms with Crippen LogP contribution in [0.4, 0.5) is 5.82 Å². The Morgan fingerprint density at radius 2 is 2.45 bits per heavy atom. The van der Waals surface area contributed by atoms with Gasteiger partial charge >= 0.3 is 7.05 Å². The van der Waals surface area contributed by atoms with Crippen molar-refractivity contribution in [2.75, 3.05) is 5.23 Å². The molecule has 0 aliphatic rings. The number of pyridine rings is 1. The van der Waals surface area contributed by atoms with Crippen molar-refractivity contribution >= 4 is 28.8 Å². The van der Waals surface area contributed by atoms with Crippen molar-refractivity contribution < 1.29 is 5.02 Å². The molecule has 0 radical (unpaired) electrons. The molecule has 0 bridgehead atoms. The first-order valence-corrected chi connectivity index (χ1v) is 4.04. The summed E-state index contributed by atoms with van der Waals surface area (Å²) in [6.45, 7) is 1.64. The summed E-state index contributed by atoms with van der Waals surface area (Å²) >= 11 is 3.29. The molecule has 0 fully saturated rings. The lowest BCUT2D eigenvalue weighted by atomic mass is 9.89. The second-order valence-corrected chi connectivity index (χ2v) is 3.01. The largest absolute Gasteiger partial charge is 0.433 e. The molecular weight excluding hydrogens is 207 g/mol. The van der Waals surface area contributed by atoms with Crippen molar-refractivity contribution in [3.63, 3.8) is 0 Å². The molecule has 3 nitrogen and oxygen atoms in total. The summed E-state index contributed by atoms with van der Waals surface area (Å²) in [6.07, 6.45) is 1.66. The highest BCUT2D eigenvalue weighted by Gasteiger charge is 2.05. The zero-order valence-electron chi connectivity index (χ0n) is 6.08. The minimum Gasteiger partial charge on any atom is -0.433 e. The molecule has 1 aromatic heterocycles. The summed E-state index contributed by atoms with van der Waals surface area (Å²) in [4.78, 5) is 4.00. The number of nitrogens with one attached hydrogen (secondary N) is 1. The summed E-state index contributed by atoms with van der Waals surface area (Å²) in [6, 6.07) is 3.68. The Hall–Kier alpha value is -0.545. The highest BCUT2D eigenvalue weighted by atomic mass is 79.9. The van der Waals surface area contributed by atoms with Gasteiger partial charge in [-0.05, 0) is 34.9 Å². The molecule has 0 atom stereocenters. The van der Waals surface area contributed by atoms with Gasteiger partial charge in [0.25, 0.3) is 0 Å². The Morgan fingerprint density at radius 3 is 3.00 bits per heavy atom. The Kier molecular flexibility index (Phi) is 2.90. The quantitative estimate of drug-likeness (QED) is 0.732. The first-order valence-electron chi connectivity index (χ1n) is 3.25. The third kappa shape index (κ3) is 2.51. The zero-order chi connectivity index (χ0) is 8.27. The van der Waals surface area contributed by atoms with Gasteiger partial charge in [-0.15, -0.1) is 0 Å². The van der Waals surface area contributed by atoms with Crippen LogP contribution in [0, 0.1) is 0 Å². The van der Waals surface area contributed by atoms with E-state index in [4.69, 9.17) is 5.02 Å². The van der Waals surface area contributed by atoms with Crippen LogP contribution < -0.4 is 5.23 Å². The van der Waals surface area contributed by atoms with Crippen LogP contribution in [0.25, 0.3) is 0 Å². The summed E-state index contributed by atoms with van der Waals surface area (Å²) in [5.74, 6) is 0.655. The molecule has 0 aliphatic heterocycles. The van der Waals surface area contributed by atoms with Crippen LogP contribution in [0.5, 0.6) is 0 Å². The van der Waals surface area contributed by atoms with Gasteiger partial charge in [0.15, 0.2) is 0 Å². The number of nitrogens with zero attached hydrogens (tertiary/aromatic N) is 1. The highest BCUT2D eigenvalue weighted by molar-refractivity contribution is 9.10. The van der Waals surface area contributed by atoms with Crippen LogP contribution in [0.3, 0.4) is 0 Å². The summed E-state index contributed by atoms with van der Waals surface area (Å²) < 4.78 is 0.848. The molecule has 0 aliphatic carbocycles. The smallest absolute Gasteiger partial charge is 0.408 e. The van der Waals surface area contributed by atoms with Crippen LogP contribution in [0.2, 0.25) is 6.82 Å². The second kappa shape index (κ2) is 3.73. The van der Waals surface area contributed by atoms with Crippen molar-refractivity contribution in [2.24, 2.45) is 0 Å². The van der Waals surface area contributed by atoms with Crippen LogP contribution in [-0.4, -0.2) is 17.1 Å². The van der Waals surface area contributed by atoms with Crippen molar-refractivity contribution in [2.45, 2.75) is 6.82 Å². The number of aromatic nitrogens is 1. The van der Waals surface area contributed by atoms with Gasteiger partial charge in [0.2, 0.25) is 0 Å². The molecule has 0 unspecified atom stereocenters. The number of halogens is 1. The number of hydrogen-bond donors (Lipinski definition) is 2. The Balaban J connectivity index is 2.78. The molecule has 1 aromatic rings. The first kappa shape index (κ1) is 8.55. The van der Waals surface area contributed by atoms with Crippen molar-refractivity contribution in [3.05, 3.63) is 22.8 Å². The van der Waals surface area contributed by atoms with Crippen LogP contribution in [0.15, 0.2) is 22.8 Å². The van der Waals surface area contributed by atoms with Gasteiger partial charge in [-0.2, -0.15) is 0 Å². The van der Waals surface area contributed by atoms with Crippen molar-refractivity contribution in [1.82, 2.24) is 4.98 Å². The van der Waals surface area contributed by atoms with E-state index in [9.17, 15) is 0 Å². The molecule has 2 N–H and O–H groups in total. The SMILES string of the molecule is CB(O)Nc1ncccc1Br. The molecule has 0 spiro atoms. The average molecular weight is 215 g/mol. The molecule has 0 aromatic carbocycles.